The summed E-state index contributed by atoms with van der Waals surface area (Å²) in [6.07, 6.45) is 5.58. The molecule has 320 valence electrons. The summed E-state index contributed by atoms with van der Waals surface area (Å²) in [6, 6.07) is 12.2. The van der Waals surface area contributed by atoms with Crippen LogP contribution in [0.15, 0.2) is 45.6 Å². The number of nitrogens with zero attached hydrogens (tertiary/aromatic N) is 6. The van der Waals surface area contributed by atoms with Gasteiger partial charge in [0.15, 0.2) is 11.7 Å². The quantitative estimate of drug-likeness (QED) is 0.264. The average molecular weight is 816 g/mol. The second-order valence-electron chi connectivity index (χ2n) is 17.0. The highest BCUT2D eigenvalue weighted by molar-refractivity contribution is 5.91. The van der Waals surface area contributed by atoms with E-state index >= 15 is 0 Å². The highest BCUT2D eigenvalue weighted by Gasteiger charge is 2.38. The zero-order valence-electron chi connectivity index (χ0n) is 34.8. The number of ether oxygens (including phenoxy) is 3. The Kier molecular flexibility index (Phi) is 13.2. The predicted octanol–water partition coefficient (Wildman–Crippen LogP) is 4.24. The van der Waals surface area contributed by atoms with Gasteiger partial charge in [-0.2, -0.15) is 0 Å². The Hall–Kier alpha value is -4.44. The second-order valence-corrected chi connectivity index (χ2v) is 17.0. The minimum absolute atomic E-state index is 0.00978. The van der Waals surface area contributed by atoms with E-state index in [9.17, 15) is 19.2 Å². The van der Waals surface area contributed by atoms with Crippen LogP contribution in [0.3, 0.4) is 0 Å². The largest absolute Gasteiger partial charge is 0.436 e. The molecular weight excluding hydrogens is 755 g/mol. The van der Waals surface area contributed by atoms with E-state index in [4.69, 9.17) is 18.6 Å². The first-order valence-electron chi connectivity index (χ1n) is 21.8. The number of likely N-dealkylation sites (tertiary alicyclic amines) is 3. The molecule has 0 spiro atoms. The van der Waals surface area contributed by atoms with E-state index in [2.05, 4.69) is 15.1 Å². The van der Waals surface area contributed by atoms with Gasteiger partial charge < -0.3 is 38.6 Å². The lowest BCUT2D eigenvalue weighted by molar-refractivity contribution is -0.142. The number of fused-ring (bicyclic) bond motifs is 2. The minimum Gasteiger partial charge on any atom is -0.436 e. The predicted molar refractivity (Wildman–Crippen MR) is 223 cm³/mol. The first kappa shape index (κ1) is 41.3. The molecule has 0 saturated carbocycles. The van der Waals surface area contributed by atoms with Gasteiger partial charge >= 0.3 is 17.9 Å². The number of hydrogen-bond donors (Lipinski definition) is 1. The van der Waals surface area contributed by atoms with Crippen molar-refractivity contribution in [2.45, 2.75) is 88.9 Å². The molecule has 2 aromatic carbocycles. The molecule has 15 nitrogen and oxygen atoms in total. The number of nitrogens with one attached hydrogen (secondary N) is 1. The molecule has 59 heavy (non-hydrogen) atoms. The van der Waals surface area contributed by atoms with Gasteiger partial charge in [-0.25, -0.2) is 14.4 Å². The smallest absolute Gasteiger partial charge is 0.419 e. The van der Waals surface area contributed by atoms with Crippen LogP contribution in [0.25, 0.3) is 11.1 Å². The Labute approximate surface area is 346 Å². The summed E-state index contributed by atoms with van der Waals surface area (Å²) < 4.78 is 24.8. The van der Waals surface area contributed by atoms with Crippen LogP contribution in [-0.4, -0.2) is 157 Å². The Morgan fingerprint density at radius 2 is 1.64 bits per heavy atom. The van der Waals surface area contributed by atoms with Crippen molar-refractivity contribution < 1.29 is 33.0 Å². The number of urea groups is 1. The van der Waals surface area contributed by atoms with Gasteiger partial charge in [0, 0.05) is 96.2 Å². The van der Waals surface area contributed by atoms with Crippen LogP contribution < -0.4 is 11.1 Å². The van der Waals surface area contributed by atoms with Crippen LogP contribution in [0.4, 0.5) is 15.3 Å². The van der Waals surface area contributed by atoms with Crippen LogP contribution in [0, 0.1) is 6.92 Å². The number of amides is 4. The molecule has 1 N–H and O–H groups in total. The molecular formula is C44H61N7O8. The first-order valence-corrected chi connectivity index (χ1v) is 21.8. The summed E-state index contributed by atoms with van der Waals surface area (Å²) in [6.45, 7) is 11.7. The van der Waals surface area contributed by atoms with Gasteiger partial charge in [-0.05, 0) is 93.7 Å². The fraction of sp³-hybridized carbons (Fsp3) is 0.636. The van der Waals surface area contributed by atoms with Gasteiger partial charge in [-0.3, -0.25) is 19.2 Å². The van der Waals surface area contributed by atoms with Gasteiger partial charge in [0.1, 0.15) is 0 Å². The molecule has 3 aromatic rings. The van der Waals surface area contributed by atoms with E-state index in [0.717, 1.165) is 114 Å². The van der Waals surface area contributed by atoms with E-state index in [0.29, 0.717) is 68.7 Å². The summed E-state index contributed by atoms with van der Waals surface area (Å²) in [5.74, 6) is -0.662. The first-order chi connectivity index (χ1) is 28.7. The number of oxazole rings is 1. The minimum atomic E-state index is -1.05. The molecule has 0 bridgehead atoms. The molecule has 0 unspecified atom stereocenters. The fourth-order valence-electron chi connectivity index (χ4n) is 9.96. The van der Waals surface area contributed by atoms with Crippen molar-refractivity contribution in [1.29, 1.82) is 0 Å². The van der Waals surface area contributed by atoms with Crippen molar-refractivity contribution in [2.75, 3.05) is 90.6 Å². The molecule has 8 rings (SSSR count). The molecule has 5 aliphatic heterocycles. The van der Waals surface area contributed by atoms with Gasteiger partial charge in [0.25, 0.3) is 5.91 Å². The summed E-state index contributed by atoms with van der Waals surface area (Å²) in [5.41, 5.74) is 4.69. The maximum Gasteiger partial charge on any atom is 0.419 e. The topological polar surface area (TPSA) is 142 Å². The number of carbonyl (C=O) groups is 3. The fourth-order valence-corrected chi connectivity index (χ4v) is 9.96. The lowest BCUT2D eigenvalue weighted by Crippen LogP contribution is -2.53. The third-order valence-electron chi connectivity index (χ3n) is 13.2. The van der Waals surface area contributed by atoms with Crippen molar-refractivity contribution in [3.05, 3.63) is 63.6 Å². The van der Waals surface area contributed by atoms with E-state index < -0.39 is 18.0 Å². The number of aromatic nitrogens is 1. The molecule has 4 saturated heterocycles. The van der Waals surface area contributed by atoms with Gasteiger partial charge in [0.05, 0.1) is 25.3 Å². The number of aryl methyl sites for hydroxylation is 2. The summed E-state index contributed by atoms with van der Waals surface area (Å²) in [7, 11) is 1.67. The highest BCUT2D eigenvalue weighted by atomic mass is 16.6. The van der Waals surface area contributed by atoms with Crippen molar-refractivity contribution >= 4 is 34.8 Å². The Balaban J connectivity index is 0.878. The zero-order chi connectivity index (χ0) is 40.9. The number of rotatable bonds is 12. The summed E-state index contributed by atoms with van der Waals surface area (Å²) in [5, 5.41) is 3.06. The number of piperidine rings is 2. The lowest BCUT2D eigenvalue weighted by atomic mass is 9.99. The molecule has 5 aliphatic rings. The van der Waals surface area contributed by atoms with Gasteiger partial charge in [-0.1, -0.05) is 24.3 Å². The second kappa shape index (κ2) is 18.9. The zero-order valence-corrected chi connectivity index (χ0v) is 34.8. The average Bonchev–Trinajstić information content (AvgIpc) is 3.79. The van der Waals surface area contributed by atoms with Crippen molar-refractivity contribution in [1.82, 2.24) is 29.1 Å². The molecule has 15 heteroatoms. The van der Waals surface area contributed by atoms with Crippen LogP contribution in [0.5, 0.6) is 0 Å². The highest BCUT2D eigenvalue weighted by Crippen LogP contribution is 2.29. The van der Waals surface area contributed by atoms with Crippen molar-refractivity contribution in [2.24, 2.45) is 7.05 Å². The number of anilines is 1. The molecule has 0 radical (unpaired) electrons. The monoisotopic (exact) mass is 815 g/mol. The van der Waals surface area contributed by atoms with Crippen molar-refractivity contribution in [3.8, 4) is 0 Å². The summed E-state index contributed by atoms with van der Waals surface area (Å²) in [4.78, 5) is 64.3. The Bertz CT molecular complexity index is 2000. The van der Waals surface area contributed by atoms with Crippen LogP contribution in [0.1, 0.15) is 61.6 Å². The number of carbonyl (C=O) groups excluding carboxylic acids is 3. The molecule has 4 fully saturated rings. The number of para-hydroxylation sites is 1. The van der Waals surface area contributed by atoms with E-state index in [-0.39, 0.29) is 24.4 Å². The number of benzene rings is 2. The third-order valence-corrected chi connectivity index (χ3v) is 13.2. The van der Waals surface area contributed by atoms with Crippen LogP contribution in [-0.2, 0) is 38.9 Å². The van der Waals surface area contributed by atoms with E-state index in [1.54, 1.807) is 18.0 Å². The van der Waals surface area contributed by atoms with Crippen molar-refractivity contribution in [3.63, 3.8) is 0 Å². The summed E-state index contributed by atoms with van der Waals surface area (Å²) >= 11 is 0. The Morgan fingerprint density at radius 3 is 2.44 bits per heavy atom. The van der Waals surface area contributed by atoms with Crippen LogP contribution >= 0.6 is 0 Å². The maximum atomic E-state index is 14.4. The van der Waals surface area contributed by atoms with Crippen LogP contribution in [0.2, 0.25) is 0 Å². The van der Waals surface area contributed by atoms with E-state index in [1.165, 1.54) is 4.57 Å². The molecule has 2 atom stereocenters. The number of hydrogen-bond acceptors (Lipinski definition) is 10. The standard InChI is InChI=1S/C44H61N7O8/c1-31-27-32(28-38-40(31)46(2)43(54)58-38)29-39(59-44(55)49-19-13-35(14-20-49)51-21-10-33-7-3-4-9-37(33)45-42(51)53)41(52)48-17-11-34(12-18-48)50-16-5-8-36(50)30-57-24-6-15-47-22-25-56-26-23-47/h3-4,7,9,27-28,34-36,39H,5-6,8,10-26,29-30H2,1-2H3,(H,45,53)/t36-,39-/m1/s1. The molecule has 1 aromatic heterocycles. The molecule has 6 heterocycles. The lowest BCUT2D eigenvalue weighted by Gasteiger charge is -2.40. The normalized spacial score (nSPS) is 22.0. The van der Waals surface area contributed by atoms with Gasteiger partial charge in [0.2, 0.25) is 0 Å². The molecule has 0 aliphatic carbocycles. The number of morpholine rings is 1. The van der Waals surface area contributed by atoms with Gasteiger partial charge in [-0.15, -0.1) is 0 Å². The van der Waals surface area contributed by atoms with E-state index in [1.807, 2.05) is 47.1 Å². The Morgan fingerprint density at radius 1 is 0.898 bits per heavy atom. The SMILES string of the molecule is Cc1cc(C[C@@H](OC(=O)N2CCC(N3CCc4ccccc4NC3=O)CC2)C(=O)N2CCC(N3CCC[C@@H]3COCCCN3CCOCC3)CC2)cc2oc(=O)n(C)c12. The third kappa shape index (κ3) is 9.64. The maximum absolute atomic E-state index is 14.4. The molecule has 4 amide bonds.